The van der Waals surface area contributed by atoms with Crippen LogP contribution < -0.4 is 4.72 Å². The van der Waals surface area contributed by atoms with Crippen LogP contribution in [0.15, 0.2) is 35.6 Å². The summed E-state index contributed by atoms with van der Waals surface area (Å²) in [6.45, 7) is -0.0981. The zero-order chi connectivity index (χ0) is 14.0. The fraction of sp³-hybridized carbons (Fsp3) is 0.182. The zero-order valence-corrected chi connectivity index (χ0v) is 11.6. The van der Waals surface area contributed by atoms with Gasteiger partial charge in [-0.3, -0.25) is 4.72 Å². The predicted molar refractivity (Wildman–Crippen MR) is 71.4 cm³/mol. The SMILES string of the molecule is Cn1cnc(S(=O)(=O)Nc2ccc(CO)cc2)c1Cl. The van der Waals surface area contributed by atoms with Gasteiger partial charge in [-0.1, -0.05) is 23.7 Å². The third-order valence-corrected chi connectivity index (χ3v) is 4.35. The van der Waals surface area contributed by atoms with E-state index in [0.29, 0.717) is 11.3 Å². The van der Waals surface area contributed by atoms with E-state index in [9.17, 15) is 8.42 Å². The summed E-state index contributed by atoms with van der Waals surface area (Å²) in [5.41, 5.74) is 1.07. The number of benzene rings is 1. The molecule has 0 atom stereocenters. The van der Waals surface area contributed by atoms with E-state index in [1.54, 1.807) is 31.3 Å². The monoisotopic (exact) mass is 301 g/mol. The lowest BCUT2D eigenvalue weighted by Gasteiger charge is -2.07. The Morgan fingerprint density at radius 3 is 2.47 bits per heavy atom. The molecular weight excluding hydrogens is 290 g/mol. The Labute approximate surface area is 115 Å². The van der Waals surface area contributed by atoms with Crippen LogP contribution in [0.4, 0.5) is 5.69 Å². The summed E-state index contributed by atoms with van der Waals surface area (Å²) in [5.74, 6) is 0. The largest absolute Gasteiger partial charge is 0.392 e. The average molecular weight is 302 g/mol. The molecule has 0 aliphatic heterocycles. The maximum Gasteiger partial charge on any atom is 0.282 e. The van der Waals surface area contributed by atoms with Crippen LogP contribution in [0.3, 0.4) is 0 Å². The second kappa shape index (κ2) is 5.20. The molecule has 0 radical (unpaired) electrons. The number of sulfonamides is 1. The van der Waals surface area contributed by atoms with Crippen molar-refractivity contribution in [1.29, 1.82) is 0 Å². The second-order valence-electron chi connectivity index (χ2n) is 3.91. The smallest absolute Gasteiger partial charge is 0.282 e. The standard InChI is InChI=1S/C11H12ClN3O3S/c1-15-7-13-11(10(15)12)19(17,18)14-9-4-2-8(6-16)3-5-9/h2-5,7,14,16H,6H2,1H3. The van der Waals surface area contributed by atoms with Gasteiger partial charge in [0.25, 0.3) is 10.0 Å². The van der Waals surface area contributed by atoms with Crippen LogP contribution in [-0.4, -0.2) is 23.1 Å². The molecule has 0 saturated carbocycles. The van der Waals surface area contributed by atoms with Gasteiger partial charge >= 0.3 is 0 Å². The minimum Gasteiger partial charge on any atom is -0.392 e. The molecule has 8 heteroatoms. The molecule has 19 heavy (non-hydrogen) atoms. The molecule has 0 fully saturated rings. The van der Waals surface area contributed by atoms with Crippen molar-refractivity contribution < 1.29 is 13.5 Å². The molecule has 0 amide bonds. The molecule has 2 N–H and O–H groups in total. The van der Waals surface area contributed by atoms with Gasteiger partial charge in [0.05, 0.1) is 12.9 Å². The van der Waals surface area contributed by atoms with Crippen molar-refractivity contribution in [2.24, 2.45) is 7.05 Å². The van der Waals surface area contributed by atoms with Crippen molar-refractivity contribution in [3.8, 4) is 0 Å². The molecule has 0 spiro atoms. The van der Waals surface area contributed by atoms with Crippen LogP contribution in [-0.2, 0) is 23.7 Å². The van der Waals surface area contributed by atoms with Gasteiger partial charge in [0.2, 0.25) is 5.03 Å². The van der Waals surface area contributed by atoms with Gasteiger partial charge in [0, 0.05) is 12.7 Å². The van der Waals surface area contributed by atoms with Crippen molar-refractivity contribution in [3.63, 3.8) is 0 Å². The average Bonchev–Trinajstić information content (AvgIpc) is 2.71. The first-order valence-electron chi connectivity index (χ1n) is 5.33. The van der Waals surface area contributed by atoms with Gasteiger partial charge in [-0.05, 0) is 17.7 Å². The fourth-order valence-electron chi connectivity index (χ4n) is 1.46. The Morgan fingerprint density at radius 2 is 2.00 bits per heavy atom. The third kappa shape index (κ3) is 2.89. The van der Waals surface area contributed by atoms with Crippen molar-refractivity contribution >= 4 is 27.3 Å². The first-order valence-corrected chi connectivity index (χ1v) is 7.19. The maximum absolute atomic E-state index is 12.1. The number of aromatic nitrogens is 2. The zero-order valence-electron chi connectivity index (χ0n) is 10.0. The molecule has 2 rings (SSSR count). The second-order valence-corrected chi connectivity index (χ2v) is 5.87. The van der Waals surface area contributed by atoms with Gasteiger partial charge in [-0.25, -0.2) is 4.98 Å². The molecule has 0 bridgehead atoms. The first kappa shape index (κ1) is 13.9. The van der Waals surface area contributed by atoms with E-state index in [4.69, 9.17) is 16.7 Å². The summed E-state index contributed by atoms with van der Waals surface area (Å²) in [5, 5.41) is 8.73. The van der Waals surface area contributed by atoms with Gasteiger partial charge in [0.15, 0.2) is 0 Å². The van der Waals surface area contributed by atoms with Gasteiger partial charge in [-0.15, -0.1) is 0 Å². The number of anilines is 1. The lowest BCUT2D eigenvalue weighted by Crippen LogP contribution is -2.14. The van der Waals surface area contributed by atoms with Crippen LogP contribution in [0.1, 0.15) is 5.56 Å². The molecule has 0 unspecified atom stereocenters. The highest BCUT2D eigenvalue weighted by molar-refractivity contribution is 7.92. The van der Waals surface area contributed by atoms with E-state index in [0.717, 1.165) is 0 Å². The van der Waals surface area contributed by atoms with Crippen molar-refractivity contribution in [2.45, 2.75) is 11.6 Å². The Balaban J connectivity index is 2.28. The molecule has 1 aromatic carbocycles. The van der Waals surface area contributed by atoms with Crippen molar-refractivity contribution in [2.75, 3.05) is 4.72 Å². The number of aryl methyl sites for hydroxylation is 1. The van der Waals surface area contributed by atoms with Crippen LogP contribution in [0.2, 0.25) is 5.15 Å². The summed E-state index contributed by atoms with van der Waals surface area (Å²) in [4.78, 5) is 3.76. The number of nitrogens with one attached hydrogen (secondary N) is 1. The number of hydrogen-bond acceptors (Lipinski definition) is 4. The number of nitrogens with zero attached hydrogens (tertiary/aromatic N) is 2. The number of halogens is 1. The van der Waals surface area contributed by atoms with Crippen molar-refractivity contribution in [1.82, 2.24) is 9.55 Å². The molecule has 1 heterocycles. The maximum atomic E-state index is 12.1. The highest BCUT2D eigenvalue weighted by atomic mass is 35.5. The number of aliphatic hydroxyl groups excluding tert-OH is 1. The van der Waals surface area contributed by atoms with E-state index < -0.39 is 10.0 Å². The molecule has 6 nitrogen and oxygen atoms in total. The topological polar surface area (TPSA) is 84.2 Å². The van der Waals surface area contributed by atoms with Crippen LogP contribution >= 0.6 is 11.6 Å². The molecular formula is C11H12ClN3O3S. The molecule has 1 aromatic heterocycles. The Bertz CT molecular complexity index is 680. The normalized spacial score (nSPS) is 11.5. The van der Waals surface area contributed by atoms with Crippen molar-refractivity contribution in [3.05, 3.63) is 41.3 Å². The van der Waals surface area contributed by atoms with E-state index >= 15 is 0 Å². The summed E-state index contributed by atoms with van der Waals surface area (Å²) in [6.07, 6.45) is 1.33. The minimum absolute atomic E-state index is 0.0412. The van der Waals surface area contributed by atoms with E-state index in [-0.39, 0.29) is 16.8 Å². The van der Waals surface area contributed by atoms with E-state index in [1.165, 1.54) is 10.9 Å². The molecule has 0 aliphatic rings. The summed E-state index contributed by atoms with van der Waals surface area (Å²) >= 11 is 5.86. The lowest BCUT2D eigenvalue weighted by molar-refractivity contribution is 0.282. The van der Waals surface area contributed by atoms with Crippen LogP contribution in [0, 0.1) is 0 Å². The summed E-state index contributed by atoms with van der Waals surface area (Å²) in [6, 6.07) is 6.36. The lowest BCUT2D eigenvalue weighted by atomic mass is 10.2. The predicted octanol–water partition coefficient (Wildman–Crippen LogP) is 1.37. The summed E-state index contributed by atoms with van der Waals surface area (Å²) < 4.78 is 27.9. The van der Waals surface area contributed by atoms with E-state index in [1.807, 2.05) is 0 Å². The van der Waals surface area contributed by atoms with Gasteiger partial charge in [0.1, 0.15) is 5.15 Å². The van der Waals surface area contributed by atoms with E-state index in [2.05, 4.69) is 9.71 Å². The highest BCUT2D eigenvalue weighted by Gasteiger charge is 2.22. The summed E-state index contributed by atoms with van der Waals surface area (Å²) in [7, 11) is -2.22. The number of rotatable bonds is 4. The van der Waals surface area contributed by atoms with Crippen LogP contribution in [0.25, 0.3) is 0 Å². The van der Waals surface area contributed by atoms with Crippen LogP contribution in [0.5, 0.6) is 0 Å². The minimum atomic E-state index is -3.82. The third-order valence-electron chi connectivity index (χ3n) is 2.48. The van der Waals surface area contributed by atoms with Gasteiger partial charge < -0.3 is 9.67 Å². The number of aliphatic hydroxyl groups is 1. The molecule has 0 saturated heterocycles. The Kier molecular flexibility index (Phi) is 3.79. The van der Waals surface area contributed by atoms with Gasteiger partial charge in [-0.2, -0.15) is 8.42 Å². The number of hydrogen-bond donors (Lipinski definition) is 2. The fourth-order valence-corrected chi connectivity index (χ4v) is 2.95. The molecule has 102 valence electrons. The highest BCUT2D eigenvalue weighted by Crippen LogP contribution is 2.21. The number of imidazole rings is 1. The Morgan fingerprint density at radius 1 is 1.37 bits per heavy atom. The Hall–Kier alpha value is -1.57. The molecule has 0 aliphatic carbocycles. The quantitative estimate of drug-likeness (QED) is 0.893. The first-order chi connectivity index (χ1) is 8.94. The molecule has 2 aromatic rings.